The van der Waals surface area contributed by atoms with Crippen LogP contribution in [0, 0.1) is 6.92 Å². The highest BCUT2D eigenvalue weighted by Gasteiger charge is 2.66. The number of aryl methyl sites for hydroxylation is 1. The molecule has 3 fully saturated rings. The van der Waals surface area contributed by atoms with Crippen molar-refractivity contribution in [2.24, 2.45) is 0 Å². The van der Waals surface area contributed by atoms with Gasteiger partial charge in [0.05, 0.1) is 24.8 Å². The second-order valence-electron chi connectivity index (χ2n) is 18.2. The number of fused-ring (bicyclic) bond motifs is 2. The Kier molecular flexibility index (Phi) is 13.5. The fourth-order valence-electron chi connectivity index (χ4n) is 8.83. The number of hydrogen-bond donors (Lipinski definition) is 1. The number of amides is 1. The number of rotatable bonds is 10. The molecule has 0 spiro atoms. The van der Waals surface area contributed by atoms with Crippen molar-refractivity contribution in [2.45, 2.75) is 127 Å². The molecule has 0 aliphatic carbocycles. The minimum atomic E-state index is -3.33. The van der Waals surface area contributed by atoms with E-state index in [4.69, 9.17) is 46.4 Å². The number of benzene rings is 3. The number of esters is 3. The van der Waals surface area contributed by atoms with Gasteiger partial charge in [-0.25, -0.2) is 19.2 Å². The normalized spacial score (nSPS) is 26.8. The van der Waals surface area contributed by atoms with Gasteiger partial charge in [0.1, 0.15) is 41.8 Å². The van der Waals surface area contributed by atoms with Crippen LogP contribution in [0.15, 0.2) is 94.1 Å². The molecule has 0 radical (unpaired) electrons. The molecule has 0 saturated carbocycles. The summed E-state index contributed by atoms with van der Waals surface area (Å²) in [7, 11) is -2.15. The first kappa shape index (κ1) is 46.6. The maximum Gasteiger partial charge on any atom is 0.349 e. The highest BCUT2D eigenvalue weighted by Crippen LogP contribution is 2.55. The summed E-state index contributed by atoms with van der Waals surface area (Å²) in [5, 5.41) is 2.59. The van der Waals surface area contributed by atoms with Gasteiger partial charge < -0.3 is 51.7 Å². The van der Waals surface area contributed by atoms with Crippen molar-refractivity contribution in [3.63, 3.8) is 0 Å². The summed E-state index contributed by atoms with van der Waals surface area (Å²) >= 11 is 0. The van der Waals surface area contributed by atoms with Gasteiger partial charge in [-0.1, -0.05) is 77.9 Å². The maximum absolute atomic E-state index is 13.9. The SMILES string of the molecule is COC(=O)[C@@H]1C[C@H](OC(=O)c2ccccc2)[C@@H](OC(=O)c2ccccc2)[C@H](O[C@@H]2[C@@H](NC(C)=O)[C@H](Oc3ccc4c(C)cc(=O)oc4c3)O[C@@H]3CO[Si](C(C)(C)C)(C(C)(C)C)O[C@@H]23)O1. The topological polar surface area (TPSA) is 194 Å². The lowest BCUT2D eigenvalue weighted by molar-refractivity contribution is -0.324. The van der Waals surface area contributed by atoms with E-state index in [1.165, 1.54) is 20.1 Å². The molecular formula is C47H55NO15Si. The molecule has 4 aromatic rings. The van der Waals surface area contributed by atoms with Gasteiger partial charge in [0.15, 0.2) is 18.5 Å². The van der Waals surface area contributed by atoms with Gasteiger partial charge in [-0.3, -0.25) is 4.79 Å². The summed E-state index contributed by atoms with van der Waals surface area (Å²) in [6, 6.07) is 21.5. The molecule has 1 amide bonds. The minimum Gasteiger partial charge on any atom is -0.467 e. The smallest absolute Gasteiger partial charge is 0.349 e. The fraction of sp³-hybridized carbons (Fsp3) is 0.468. The van der Waals surface area contributed by atoms with Gasteiger partial charge >= 0.3 is 32.1 Å². The Labute approximate surface area is 372 Å². The van der Waals surface area contributed by atoms with Crippen LogP contribution in [-0.4, -0.2) is 101 Å². The standard InChI is InChI=1S/C47H55NO15Si/c1-26-22-36(50)57-32-23-30(20-21-31(26)32)56-44-37(48-27(2)49)40(38-35(60-44)25-55-64(63-38,46(3,4)5)47(6,7)8)62-45-39(61-42(52)29-18-14-11-15-19-29)33(24-34(59-45)43(53)54-9)58-41(51)28-16-12-10-13-17-28/h10-23,33-35,37-40,44-45H,24-25H2,1-9H3,(H,48,49)/t33-,34-,35+,37+,38+,39+,40+,44+,45-/m0/s1. The Balaban J connectivity index is 1.34. The van der Waals surface area contributed by atoms with Gasteiger partial charge in [-0.05, 0) is 48.9 Å². The first-order valence-corrected chi connectivity index (χ1v) is 23.0. The first-order chi connectivity index (χ1) is 30.3. The summed E-state index contributed by atoms with van der Waals surface area (Å²) in [5.41, 5.74) is 0.809. The van der Waals surface area contributed by atoms with Crippen LogP contribution < -0.4 is 15.7 Å². The van der Waals surface area contributed by atoms with Crippen molar-refractivity contribution < 1.29 is 65.6 Å². The average Bonchev–Trinajstić information content (AvgIpc) is 3.24. The van der Waals surface area contributed by atoms with Gasteiger partial charge in [-0.15, -0.1) is 0 Å². The van der Waals surface area contributed by atoms with Gasteiger partial charge in [-0.2, -0.15) is 0 Å². The number of nitrogens with one attached hydrogen (secondary N) is 1. The molecule has 3 aliphatic rings. The van der Waals surface area contributed by atoms with Gasteiger partial charge in [0, 0.05) is 40.9 Å². The lowest BCUT2D eigenvalue weighted by Gasteiger charge is -2.58. The number of hydrogen-bond acceptors (Lipinski definition) is 15. The minimum absolute atomic E-state index is 0.0315. The highest BCUT2D eigenvalue weighted by atomic mass is 28.4. The van der Waals surface area contributed by atoms with Crippen LogP contribution in [0.4, 0.5) is 0 Å². The molecule has 9 atom stereocenters. The predicted molar refractivity (Wildman–Crippen MR) is 232 cm³/mol. The Morgan fingerprint density at radius 1 is 0.781 bits per heavy atom. The number of carbonyl (C=O) groups is 4. The summed E-state index contributed by atoms with van der Waals surface area (Å²) in [5.74, 6) is -2.62. The molecule has 1 aromatic heterocycles. The van der Waals surface area contributed by atoms with Crippen molar-refractivity contribution in [3.8, 4) is 5.75 Å². The summed E-state index contributed by atoms with van der Waals surface area (Å²) in [6.07, 6.45) is -10.6. The third-order valence-corrected chi connectivity index (χ3v) is 16.7. The lowest BCUT2D eigenvalue weighted by Crippen LogP contribution is -2.74. The summed E-state index contributed by atoms with van der Waals surface area (Å²) in [6.45, 7) is 15.4. The monoisotopic (exact) mass is 901 g/mol. The number of methoxy groups -OCH3 is 1. The second kappa shape index (κ2) is 18.6. The van der Waals surface area contributed by atoms with E-state index in [2.05, 4.69) is 5.32 Å². The lowest BCUT2D eigenvalue weighted by atomic mass is 9.95. The zero-order valence-corrected chi connectivity index (χ0v) is 38.3. The molecule has 1 N–H and O–H groups in total. The van der Waals surface area contributed by atoms with Crippen LogP contribution in [-0.2, 0) is 46.9 Å². The van der Waals surface area contributed by atoms with Crippen LogP contribution in [0.3, 0.4) is 0 Å². The molecule has 4 heterocycles. The highest BCUT2D eigenvalue weighted by molar-refractivity contribution is 6.73. The third-order valence-electron chi connectivity index (χ3n) is 11.6. The van der Waals surface area contributed by atoms with Crippen LogP contribution in [0.25, 0.3) is 11.0 Å². The second-order valence-corrected chi connectivity index (χ2v) is 23.0. The Hall–Kier alpha value is -5.43. The van der Waals surface area contributed by atoms with E-state index in [0.717, 1.165) is 0 Å². The number of carbonyl (C=O) groups excluding carboxylic acids is 4. The average molecular weight is 902 g/mol. The summed E-state index contributed by atoms with van der Waals surface area (Å²) < 4.78 is 63.5. The molecular weight excluding hydrogens is 847 g/mol. The maximum atomic E-state index is 13.9. The molecule has 3 saturated heterocycles. The van der Waals surface area contributed by atoms with E-state index >= 15 is 0 Å². The van der Waals surface area contributed by atoms with Crippen molar-refractivity contribution in [2.75, 3.05) is 13.7 Å². The fourth-order valence-corrected chi connectivity index (χ4v) is 13.8. The van der Waals surface area contributed by atoms with E-state index in [1.54, 1.807) is 85.8 Å². The molecule has 7 rings (SSSR count). The van der Waals surface area contributed by atoms with Crippen molar-refractivity contribution in [1.82, 2.24) is 5.32 Å². The molecule has 342 valence electrons. The van der Waals surface area contributed by atoms with Crippen LogP contribution in [0.5, 0.6) is 5.75 Å². The van der Waals surface area contributed by atoms with E-state index in [0.29, 0.717) is 10.9 Å². The van der Waals surface area contributed by atoms with Crippen molar-refractivity contribution in [3.05, 3.63) is 112 Å². The van der Waals surface area contributed by atoms with Crippen LogP contribution in [0.1, 0.15) is 81.2 Å². The van der Waals surface area contributed by atoms with E-state index in [9.17, 15) is 24.0 Å². The third kappa shape index (κ3) is 9.65. The molecule has 16 nitrogen and oxygen atoms in total. The van der Waals surface area contributed by atoms with Crippen molar-refractivity contribution >= 4 is 43.3 Å². The zero-order chi connectivity index (χ0) is 46.1. The van der Waals surface area contributed by atoms with E-state index in [-0.39, 0.29) is 35.5 Å². The molecule has 3 aromatic carbocycles. The molecule has 17 heteroatoms. The van der Waals surface area contributed by atoms with Crippen LogP contribution >= 0.6 is 0 Å². The first-order valence-electron chi connectivity index (χ1n) is 21.1. The molecule has 64 heavy (non-hydrogen) atoms. The Morgan fingerprint density at radius 2 is 1.41 bits per heavy atom. The molecule has 3 aliphatic heterocycles. The zero-order valence-electron chi connectivity index (χ0n) is 37.3. The van der Waals surface area contributed by atoms with E-state index < -0.39 is 103 Å². The number of ether oxygens (including phenoxy) is 7. The summed E-state index contributed by atoms with van der Waals surface area (Å²) in [4.78, 5) is 66.6. The Bertz CT molecular complexity index is 2380. The van der Waals surface area contributed by atoms with Gasteiger partial charge in [0.25, 0.3) is 0 Å². The molecule has 0 bridgehead atoms. The Morgan fingerprint density at radius 3 is 2.00 bits per heavy atom. The predicted octanol–water partition coefficient (Wildman–Crippen LogP) is 6.29. The molecule has 0 unspecified atom stereocenters. The van der Waals surface area contributed by atoms with Crippen molar-refractivity contribution in [1.29, 1.82) is 0 Å². The van der Waals surface area contributed by atoms with Crippen LogP contribution in [0.2, 0.25) is 10.1 Å². The van der Waals surface area contributed by atoms with Gasteiger partial charge in [0.2, 0.25) is 12.2 Å². The van der Waals surface area contributed by atoms with E-state index in [1.807, 2.05) is 41.5 Å². The quantitative estimate of drug-likeness (QED) is 0.0807. The largest absolute Gasteiger partial charge is 0.467 e.